The van der Waals surface area contributed by atoms with Gasteiger partial charge in [-0.05, 0) is 52.2 Å². The van der Waals surface area contributed by atoms with E-state index >= 15 is 0 Å². The van der Waals surface area contributed by atoms with Crippen molar-refractivity contribution in [1.82, 2.24) is 0 Å². The zero-order valence-electron chi connectivity index (χ0n) is 12.5. The first-order valence-corrected chi connectivity index (χ1v) is 6.65. The van der Waals surface area contributed by atoms with Gasteiger partial charge < -0.3 is 10.2 Å². The molecule has 0 amide bonds. The molecule has 0 fully saturated rings. The topological polar surface area (TPSA) is 57.5 Å². The maximum absolute atomic E-state index is 11.0. The van der Waals surface area contributed by atoms with Gasteiger partial charge in [0.15, 0.2) is 6.29 Å². The Morgan fingerprint density at radius 1 is 1.00 bits per heavy atom. The fourth-order valence-electron chi connectivity index (χ4n) is 1.86. The van der Waals surface area contributed by atoms with Crippen LogP contribution in [0.1, 0.15) is 49.2 Å². The van der Waals surface area contributed by atoms with Crippen molar-refractivity contribution in [1.29, 1.82) is 0 Å². The lowest BCUT2D eigenvalue weighted by atomic mass is 9.97. The van der Waals surface area contributed by atoms with Gasteiger partial charge in [0.2, 0.25) is 0 Å². The van der Waals surface area contributed by atoms with Crippen LogP contribution < -0.4 is 0 Å². The lowest BCUT2D eigenvalue weighted by Crippen LogP contribution is -1.96. The van der Waals surface area contributed by atoms with Crippen LogP contribution in [0.25, 0.3) is 0 Å². The second kappa shape index (κ2) is 6.94. The lowest BCUT2D eigenvalue weighted by molar-refractivity contribution is 0.112. The maximum Gasteiger partial charge on any atom is 0.153 e. The normalized spacial score (nSPS) is 10.0. The standard InChI is InChI=1S/C17H22O3/c1-11(2)5-7-13-9-14(10-18)17(20)15(16(13)19)8-6-12(3)4/h5-6,9-10,19-20H,7-8H2,1-4H3. The van der Waals surface area contributed by atoms with Crippen LogP contribution in [0.2, 0.25) is 0 Å². The summed E-state index contributed by atoms with van der Waals surface area (Å²) >= 11 is 0. The monoisotopic (exact) mass is 274 g/mol. The maximum atomic E-state index is 11.0. The van der Waals surface area contributed by atoms with Crippen LogP contribution in [0.5, 0.6) is 11.5 Å². The minimum absolute atomic E-state index is 0.0723. The molecule has 0 aliphatic heterocycles. The molecule has 1 rings (SSSR count). The van der Waals surface area contributed by atoms with Crippen molar-refractivity contribution in [3.63, 3.8) is 0 Å². The first-order chi connectivity index (χ1) is 9.36. The van der Waals surface area contributed by atoms with Gasteiger partial charge in [-0.1, -0.05) is 23.3 Å². The second-order valence-corrected chi connectivity index (χ2v) is 5.39. The van der Waals surface area contributed by atoms with Gasteiger partial charge >= 0.3 is 0 Å². The van der Waals surface area contributed by atoms with E-state index in [1.165, 1.54) is 0 Å². The highest BCUT2D eigenvalue weighted by atomic mass is 16.3. The molecular formula is C17H22O3. The molecule has 20 heavy (non-hydrogen) atoms. The molecule has 0 radical (unpaired) electrons. The molecule has 0 atom stereocenters. The molecular weight excluding hydrogens is 252 g/mol. The minimum Gasteiger partial charge on any atom is -0.507 e. The summed E-state index contributed by atoms with van der Waals surface area (Å²) in [7, 11) is 0. The Kier molecular flexibility index (Phi) is 5.56. The number of hydrogen-bond donors (Lipinski definition) is 2. The summed E-state index contributed by atoms with van der Waals surface area (Å²) in [6.07, 6.45) is 5.45. The molecule has 1 aromatic carbocycles. The number of phenols is 2. The smallest absolute Gasteiger partial charge is 0.153 e. The van der Waals surface area contributed by atoms with Crippen LogP contribution >= 0.6 is 0 Å². The molecule has 0 spiro atoms. The number of hydrogen-bond acceptors (Lipinski definition) is 3. The summed E-state index contributed by atoms with van der Waals surface area (Å²) in [6.45, 7) is 7.84. The third-order valence-corrected chi connectivity index (χ3v) is 3.05. The van der Waals surface area contributed by atoms with Crippen LogP contribution in [-0.2, 0) is 12.8 Å². The van der Waals surface area contributed by atoms with Crippen molar-refractivity contribution >= 4 is 6.29 Å². The van der Waals surface area contributed by atoms with Crippen LogP contribution in [0, 0.1) is 0 Å². The Balaban J connectivity index is 3.33. The average molecular weight is 274 g/mol. The van der Waals surface area contributed by atoms with E-state index < -0.39 is 0 Å². The van der Waals surface area contributed by atoms with Gasteiger partial charge in [0, 0.05) is 5.56 Å². The number of aromatic hydroxyl groups is 2. The molecule has 0 aliphatic rings. The zero-order valence-corrected chi connectivity index (χ0v) is 12.5. The van der Waals surface area contributed by atoms with Crippen molar-refractivity contribution in [2.24, 2.45) is 0 Å². The van der Waals surface area contributed by atoms with Crippen LogP contribution in [0.4, 0.5) is 0 Å². The Labute approximate surface area is 120 Å². The molecule has 0 saturated carbocycles. The minimum atomic E-state index is -0.129. The van der Waals surface area contributed by atoms with Crippen LogP contribution in [0.15, 0.2) is 29.4 Å². The first kappa shape index (κ1) is 16.0. The van der Waals surface area contributed by atoms with E-state index in [0.29, 0.717) is 30.3 Å². The Morgan fingerprint density at radius 2 is 1.55 bits per heavy atom. The van der Waals surface area contributed by atoms with Gasteiger partial charge in [0.1, 0.15) is 11.5 Å². The van der Waals surface area contributed by atoms with E-state index in [4.69, 9.17) is 0 Å². The Morgan fingerprint density at radius 3 is 2.05 bits per heavy atom. The first-order valence-electron chi connectivity index (χ1n) is 6.65. The summed E-state index contributed by atoms with van der Waals surface area (Å²) in [5, 5.41) is 20.3. The summed E-state index contributed by atoms with van der Waals surface area (Å²) in [6, 6.07) is 1.54. The number of benzene rings is 1. The van der Waals surface area contributed by atoms with E-state index in [2.05, 4.69) is 0 Å². The Bertz CT molecular complexity index is 558. The van der Waals surface area contributed by atoms with Gasteiger partial charge in [0.05, 0.1) is 5.56 Å². The van der Waals surface area contributed by atoms with Crippen molar-refractivity contribution < 1.29 is 15.0 Å². The summed E-state index contributed by atoms with van der Waals surface area (Å²) in [5.41, 5.74) is 3.51. The molecule has 0 aromatic heterocycles. The van der Waals surface area contributed by atoms with E-state index in [1.54, 1.807) is 6.07 Å². The largest absolute Gasteiger partial charge is 0.507 e. The molecule has 2 N–H and O–H groups in total. The number of carbonyl (C=O) groups is 1. The molecule has 3 heteroatoms. The number of aldehydes is 1. The number of phenolic OH excluding ortho intramolecular Hbond substituents is 2. The van der Waals surface area contributed by atoms with Gasteiger partial charge in [-0.3, -0.25) is 4.79 Å². The molecule has 0 bridgehead atoms. The summed E-state index contributed by atoms with van der Waals surface area (Å²) in [4.78, 5) is 11.0. The molecule has 0 heterocycles. The van der Waals surface area contributed by atoms with Crippen molar-refractivity contribution in [2.75, 3.05) is 0 Å². The number of carbonyl (C=O) groups excluding carboxylic acids is 1. The predicted molar refractivity (Wildman–Crippen MR) is 81.4 cm³/mol. The fourth-order valence-corrected chi connectivity index (χ4v) is 1.86. The van der Waals surface area contributed by atoms with E-state index in [-0.39, 0.29) is 17.1 Å². The van der Waals surface area contributed by atoms with Gasteiger partial charge in [0.25, 0.3) is 0 Å². The SMILES string of the molecule is CC(C)=CCc1cc(C=O)c(O)c(CC=C(C)C)c1O. The quantitative estimate of drug-likeness (QED) is 0.632. The van der Waals surface area contributed by atoms with Crippen molar-refractivity contribution in [3.05, 3.63) is 46.1 Å². The van der Waals surface area contributed by atoms with Crippen LogP contribution in [0.3, 0.4) is 0 Å². The van der Waals surface area contributed by atoms with Crippen molar-refractivity contribution in [2.45, 2.75) is 40.5 Å². The number of rotatable bonds is 5. The molecule has 108 valence electrons. The van der Waals surface area contributed by atoms with E-state index in [9.17, 15) is 15.0 Å². The zero-order chi connectivity index (χ0) is 15.3. The molecule has 0 saturated heterocycles. The summed E-state index contributed by atoms with van der Waals surface area (Å²) in [5.74, 6) is -0.0564. The third-order valence-electron chi connectivity index (χ3n) is 3.05. The van der Waals surface area contributed by atoms with Gasteiger partial charge in [-0.15, -0.1) is 0 Å². The van der Waals surface area contributed by atoms with Crippen molar-refractivity contribution in [3.8, 4) is 11.5 Å². The van der Waals surface area contributed by atoms with Crippen LogP contribution in [-0.4, -0.2) is 16.5 Å². The van der Waals surface area contributed by atoms with Gasteiger partial charge in [-0.2, -0.15) is 0 Å². The average Bonchev–Trinajstić information content (AvgIpc) is 2.37. The van der Waals surface area contributed by atoms with Gasteiger partial charge in [-0.25, -0.2) is 0 Å². The van der Waals surface area contributed by atoms with E-state index in [0.717, 1.165) is 11.1 Å². The molecule has 1 aromatic rings. The third kappa shape index (κ3) is 3.98. The Hall–Kier alpha value is -2.03. The highest BCUT2D eigenvalue weighted by Gasteiger charge is 2.15. The second-order valence-electron chi connectivity index (χ2n) is 5.39. The summed E-state index contributed by atoms with van der Waals surface area (Å²) < 4.78 is 0. The predicted octanol–water partition coefficient (Wildman–Crippen LogP) is 3.93. The molecule has 3 nitrogen and oxygen atoms in total. The highest BCUT2D eigenvalue weighted by Crippen LogP contribution is 2.35. The lowest BCUT2D eigenvalue weighted by Gasteiger charge is -2.12. The number of allylic oxidation sites excluding steroid dienone is 4. The fraction of sp³-hybridized carbons (Fsp3) is 0.353. The molecule has 0 aliphatic carbocycles. The van der Waals surface area contributed by atoms with E-state index in [1.807, 2.05) is 39.8 Å². The highest BCUT2D eigenvalue weighted by molar-refractivity contribution is 5.82. The molecule has 0 unspecified atom stereocenters.